The van der Waals surface area contributed by atoms with E-state index in [9.17, 15) is 0 Å². The van der Waals surface area contributed by atoms with Gasteiger partial charge >= 0.3 is 0 Å². The predicted molar refractivity (Wildman–Crippen MR) is 127 cm³/mol. The van der Waals surface area contributed by atoms with Crippen molar-refractivity contribution in [2.75, 3.05) is 26.7 Å². The van der Waals surface area contributed by atoms with Gasteiger partial charge < -0.3 is 15.5 Å². The first-order chi connectivity index (χ1) is 12.7. The van der Waals surface area contributed by atoms with E-state index in [4.69, 9.17) is 0 Å². The molecule has 0 saturated carbocycles. The number of benzene rings is 1. The standard InChI is InChI=1S/C20H31N5S.HI/c1-4-18-14-23-19(26-18)15-24-20(21-5-2)22-12-9-13-25(3)16-17-10-7-6-8-11-17;/h6-8,10-11,14H,4-5,9,12-13,15-16H2,1-3H3,(H2,21,22,24);1H. The topological polar surface area (TPSA) is 52.6 Å². The molecule has 0 spiro atoms. The first-order valence-electron chi connectivity index (χ1n) is 9.39. The van der Waals surface area contributed by atoms with Crippen molar-refractivity contribution in [3.05, 3.63) is 52.0 Å². The summed E-state index contributed by atoms with van der Waals surface area (Å²) in [6, 6.07) is 10.6. The Hall–Kier alpha value is -1.19. The van der Waals surface area contributed by atoms with Crippen molar-refractivity contribution < 1.29 is 0 Å². The van der Waals surface area contributed by atoms with Gasteiger partial charge in [-0.05, 0) is 38.9 Å². The van der Waals surface area contributed by atoms with E-state index in [0.717, 1.165) is 50.0 Å². The molecule has 7 heteroatoms. The van der Waals surface area contributed by atoms with Crippen molar-refractivity contribution in [3.8, 4) is 0 Å². The Morgan fingerprint density at radius 3 is 2.63 bits per heavy atom. The number of nitrogens with one attached hydrogen (secondary N) is 2. The summed E-state index contributed by atoms with van der Waals surface area (Å²) in [6.07, 6.45) is 4.07. The Labute approximate surface area is 184 Å². The third-order valence-corrected chi connectivity index (χ3v) is 5.10. The first kappa shape index (κ1) is 23.8. The average Bonchev–Trinajstić information content (AvgIpc) is 3.12. The van der Waals surface area contributed by atoms with Crippen LogP contribution in [0.5, 0.6) is 0 Å². The molecular weight excluding hydrogens is 469 g/mol. The van der Waals surface area contributed by atoms with Crippen molar-refractivity contribution in [3.63, 3.8) is 0 Å². The number of nitrogens with zero attached hydrogens (tertiary/aromatic N) is 3. The van der Waals surface area contributed by atoms with Crippen LogP contribution in [-0.4, -0.2) is 42.5 Å². The summed E-state index contributed by atoms with van der Waals surface area (Å²) in [5, 5.41) is 7.79. The molecule has 0 bridgehead atoms. The highest BCUT2D eigenvalue weighted by atomic mass is 127. The molecule has 150 valence electrons. The summed E-state index contributed by atoms with van der Waals surface area (Å²) < 4.78 is 0. The van der Waals surface area contributed by atoms with Crippen LogP contribution in [0, 0.1) is 0 Å². The Morgan fingerprint density at radius 1 is 1.19 bits per heavy atom. The molecule has 2 aromatic rings. The van der Waals surface area contributed by atoms with Gasteiger partial charge in [0.25, 0.3) is 0 Å². The van der Waals surface area contributed by atoms with Crippen LogP contribution in [0.3, 0.4) is 0 Å². The fraction of sp³-hybridized carbons (Fsp3) is 0.500. The molecule has 0 fully saturated rings. The number of aromatic nitrogens is 1. The Morgan fingerprint density at radius 2 is 1.96 bits per heavy atom. The molecule has 0 unspecified atom stereocenters. The van der Waals surface area contributed by atoms with Crippen LogP contribution in [-0.2, 0) is 19.5 Å². The van der Waals surface area contributed by atoms with Crippen molar-refractivity contribution in [2.24, 2.45) is 4.99 Å². The molecule has 0 aliphatic heterocycles. The summed E-state index contributed by atoms with van der Waals surface area (Å²) >= 11 is 1.75. The molecule has 0 atom stereocenters. The van der Waals surface area contributed by atoms with Gasteiger partial charge in [-0.2, -0.15) is 0 Å². The quantitative estimate of drug-likeness (QED) is 0.225. The number of aryl methyl sites for hydroxylation is 1. The fourth-order valence-electron chi connectivity index (χ4n) is 2.60. The molecule has 2 N–H and O–H groups in total. The van der Waals surface area contributed by atoms with Crippen LogP contribution in [0.25, 0.3) is 0 Å². The largest absolute Gasteiger partial charge is 0.357 e. The molecule has 0 aliphatic rings. The van der Waals surface area contributed by atoms with Gasteiger partial charge in [0.2, 0.25) is 0 Å². The van der Waals surface area contributed by atoms with Crippen molar-refractivity contribution in [2.45, 2.75) is 39.8 Å². The number of hydrogen-bond donors (Lipinski definition) is 2. The van der Waals surface area contributed by atoms with Crippen LogP contribution < -0.4 is 10.6 Å². The minimum Gasteiger partial charge on any atom is -0.357 e. The van der Waals surface area contributed by atoms with E-state index in [1.807, 2.05) is 6.20 Å². The minimum absolute atomic E-state index is 0. The average molecular weight is 501 g/mol. The maximum atomic E-state index is 4.64. The predicted octanol–water partition coefficient (Wildman–Crippen LogP) is 3.90. The summed E-state index contributed by atoms with van der Waals surface area (Å²) in [5.74, 6) is 0.867. The van der Waals surface area contributed by atoms with Crippen LogP contribution in [0.15, 0.2) is 41.5 Å². The molecule has 2 rings (SSSR count). The van der Waals surface area contributed by atoms with Gasteiger partial charge in [-0.15, -0.1) is 35.3 Å². The lowest BCUT2D eigenvalue weighted by Crippen LogP contribution is -2.38. The van der Waals surface area contributed by atoms with E-state index in [0.29, 0.717) is 6.54 Å². The van der Waals surface area contributed by atoms with E-state index >= 15 is 0 Å². The van der Waals surface area contributed by atoms with Gasteiger partial charge in [0.05, 0.1) is 6.54 Å². The summed E-state index contributed by atoms with van der Waals surface area (Å²) in [4.78, 5) is 12.7. The molecule has 0 aliphatic carbocycles. The number of guanidine groups is 1. The number of rotatable bonds is 10. The Kier molecular flexibility index (Phi) is 12.3. The summed E-state index contributed by atoms with van der Waals surface area (Å²) in [6.45, 7) is 8.67. The SMILES string of the molecule is CCNC(=NCc1ncc(CC)s1)NCCCN(C)Cc1ccccc1.I. The monoisotopic (exact) mass is 501 g/mol. The highest BCUT2D eigenvalue weighted by molar-refractivity contribution is 14.0. The second-order valence-electron chi connectivity index (χ2n) is 6.27. The zero-order valence-electron chi connectivity index (χ0n) is 16.6. The van der Waals surface area contributed by atoms with E-state index in [-0.39, 0.29) is 24.0 Å². The summed E-state index contributed by atoms with van der Waals surface area (Å²) in [7, 11) is 2.17. The Balaban J connectivity index is 0.00000364. The maximum Gasteiger partial charge on any atom is 0.191 e. The normalized spacial score (nSPS) is 11.3. The van der Waals surface area contributed by atoms with Gasteiger partial charge in [0.15, 0.2) is 5.96 Å². The third-order valence-electron chi connectivity index (χ3n) is 3.97. The van der Waals surface area contributed by atoms with Crippen LogP contribution >= 0.6 is 35.3 Å². The van der Waals surface area contributed by atoms with Gasteiger partial charge in [-0.3, -0.25) is 0 Å². The molecule has 0 amide bonds. The molecular formula is C20H32IN5S. The zero-order valence-corrected chi connectivity index (χ0v) is 19.7. The molecule has 0 saturated heterocycles. The van der Waals surface area contributed by atoms with E-state index in [1.54, 1.807) is 11.3 Å². The van der Waals surface area contributed by atoms with E-state index in [1.165, 1.54) is 10.4 Å². The number of thiazole rings is 1. The zero-order chi connectivity index (χ0) is 18.6. The van der Waals surface area contributed by atoms with Gasteiger partial charge in [0, 0.05) is 30.7 Å². The molecule has 0 radical (unpaired) electrons. The lowest BCUT2D eigenvalue weighted by Gasteiger charge is -2.17. The Bertz CT molecular complexity index is 659. The second-order valence-corrected chi connectivity index (χ2v) is 7.47. The van der Waals surface area contributed by atoms with E-state index < -0.39 is 0 Å². The van der Waals surface area contributed by atoms with Crippen LogP contribution in [0.4, 0.5) is 0 Å². The molecule has 27 heavy (non-hydrogen) atoms. The second kappa shape index (κ2) is 13.9. The highest BCUT2D eigenvalue weighted by Gasteiger charge is 2.03. The number of halogens is 1. The van der Waals surface area contributed by atoms with Crippen LogP contribution in [0.1, 0.15) is 35.7 Å². The maximum absolute atomic E-state index is 4.64. The number of aliphatic imine (C=N–C) groups is 1. The van der Waals surface area contributed by atoms with Gasteiger partial charge in [-0.25, -0.2) is 9.98 Å². The third kappa shape index (κ3) is 9.53. The van der Waals surface area contributed by atoms with E-state index in [2.05, 4.69) is 76.7 Å². The smallest absolute Gasteiger partial charge is 0.191 e. The minimum atomic E-state index is 0. The van der Waals surface area contributed by atoms with Crippen LogP contribution in [0.2, 0.25) is 0 Å². The van der Waals surface area contributed by atoms with Crippen molar-refractivity contribution in [1.29, 1.82) is 0 Å². The van der Waals surface area contributed by atoms with Gasteiger partial charge in [0.1, 0.15) is 5.01 Å². The molecule has 5 nitrogen and oxygen atoms in total. The molecule has 1 aromatic heterocycles. The lowest BCUT2D eigenvalue weighted by atomic mass is 10.2. The van der Waals surface area contributed by atoms with Gasteiger partial charge in [-0.1, -0.05) is 37.3 Å². The summed E-state index contributed by atoms with van der Waals surface area (Å²) in [5.41, 5.74) is 1.35. The van der Waals surface area contributed by atoms with Crippen molar-refractivity contribution >= 4 is 41.3 Å². The highest BCUT2D eigenvalue weighted by Crippen LogP contribution is 2.13. The van der Waals surface area contributed by atoms with Crippen molar-refractivity contribution in [1.82, 2.24) is 20.5 Å². The lowest BCUT2D eigenvalue weighted by molar-refractivity contribution is 0.322. The fourth-order valence-corrected chi connectivity index (χ4v) is 3.39. The molecule has 1 aromatic carbocycles. The molecule has 1 heterocycles. The first-order valence-corrected chi connectivity index (χ1v) is 10.2. The number of hydrogen-bond acceptors (Lipinski definition) is 4.